The van der Waals surface area contributed by atoms with Gasteiger partial charge in [-0.1, -0.05) is 24.3 Å². The lowest BCUT2D eigenvalue weighted by molar-refractivity contribution is -0.134. The Labute approximate surface area is 175 Å². The van der Waals surface area contributed by atoms with Gasteiger partial charge < -0.3 is 10.0 Å². The van der Waals surface area contributed by atoms with Gasteiger partial charge in [0.05, 0.1) is 5.52 Å². The van der Waals surface area contributed by atoms with Crippen molar-refractivity contribution in [1.82, 2.24) is 14.7 Å². The summed E-state index contributed by atoms with van der Waals surface area (Å²) in [6, 6.07) is 13.8. The van der Waals surface area contributed by atoms with Gasteiger partial charge in [-0.15, -0.1) is 0 Å². The Balaban J connectivity index is 1.26. The fourth-order valence-electron chi connectivity index (χ4n) is 4.40. The Morgan fingerprint density at radius 2 is 1.70 bits per heavy atom. The molecule has 0 radical (unpaired) electrons. The van der Waals surface area contributed by atoms with Gasteiger partial charge >= 0.3 is 0 Å². The summed E-state index contributed by atoms with van der Waals surface area (Å²) in [6.07, 6.45) is 4.43. The highest BCUT2D eigenvalue weighted by molar-refractivity contribution is 5.96. The quantitative estimate of drug-likeness (QED) is 0.726. The van der Waals surface area contributed by atoms with Gasteiger partial charge in [0.2, 0.25) is 0 Å². The number of aromatic nitrogens is 2. The maximum atomic E-state index is 12.9. The molecule has 1 saturated carbocycles. The molecule has 1 aromatic heterocycles. The van der Waals surface area contributed by atoms with E-state index in [1.807, 2.05) is 42.4 Å². The van der Waals surface area contributed by atoms with E-state index in [4.69, 9.17) is 0 Å². The molecule has 1 amide bonds. The number of aliphatic hydroxyl groups is 1. The normalized spacial score (nSPS) is 18.5. The third kappa shape index (κ3) is 3.41. The van der Waals surface area contributed by atoms with Crippen LogP contribution in [-0.2, 0) is 11.8 Å². The van der Waals surface area contributed by atoms with E-state index in [1.165, 1.54) is 0 Å². The second-order valence-electron chi connectivity index (χ2n) is 8.62. The zero-order chi connectivity index (χ0) is 20.9. The SMILES string of the molecule is Cn1cc2ccc(-c3ccc(C(=O)N4CCC(C(=O)C5(O)CC5)CC4)cc3)cc2n1. The number of rotatable bonds is 4. The van der Waals surface area contributed by atoms with Crippen LogP contribution in [0.2, 0.25) is 0 Å². The van der Waals surface area contributed by atoms with E-state index in [1.54, 1.807) is 4.68 Å². The van der Waals surface area contributed by atoms with E-state index >= 15 is 0 Å². The number of fused-ring (bicyclic) bond motifs is 1. The molecule has 2 aromatic carbocycles. The molecule has 30 heavy (non-hydrogen) atoms. The molecule has 6 nitrogen and oxygen atoms in total. The second-order valence-corrected chi connectivity index (χ2v) is 8.62. The number of Topliss-reactive ketones (excluding diaryl/α,β-unsaturated/α-hetero) is 1. The highest BCUT2D eigenvalue weighted by Crippen LogP contribution is 2.40. The number of hydrogen-bond donors (Lipinski definition) is 1. The first kappa shape index (κ1) is 19.0. The summed E-state index contributed by atoms with van der Waals surface area (Å²) >= 11 is 0. The molecule has 6 heteroatoms. The fraction of sp³-hybridized carbons (Fsp3) is 0.375. The van der Waals surface area contributed by atoms with E-state index in [-0.39, 0.29) is 17.6 Å². The Bertz CT molecular complexity index is 1120. The smallest absolute Gasteiger partial charge is 0.253 e. The number of carbonyl (C=O) groups is 2. The summed E-state index contributed by atoms with van der Waals surface area (Å²) in [7, 11) is 1.91. The van der Waals surface area contributed by atoms with Crippen LogP contribution in [0, 0.1) is 5.92 Å². The van der Waals surface area contributed by atoms with Crippen molar-refractivity contribution < 1.29 is 14.7 Å². The summed E-state index contributed by atoms with van der Waals surface area (Å²) < 4.78 is 1.80. The molecule has 3 aromatic rings. The number of benzene rings is 2. The van der Waals surface area contributed by atoms with Crippen molar-refractivity contribution >= 4 is 22.6 Å². The van der Waals surface area contributed by atoms with Crippen LogP contribution in [0.5, 0.6) is 0 Å². The van der Waals surface area contributed by atoms with Crippen molar-refractivity contribution in [2.45, 2.75) is 31.3 Å². The molecule has 0 spiro atoms. The van der Waals surface area contributed by atoms with Crippen molar-refractivity contribution in [3.8, 4) is 11.1 Å². The molecule has 154 valence electrons. The van der Waals surface area contributed by atoms with Gasteiger partial charge in [-0.05, 0) is 55.0 Å². The third-order valence-electron chi connectivity index (χ3n) is 6.42. The van der Waals surface area contributed by atoms with Crippen LogP contribution in [0.25, 0.3) is 22.0 Å². The lowest BCUT2D eigenvalue weighted by atomic mass is 9.88. The molecular formula is C24H25N3O3. The molecule has 5 rings (SSSR count). The molecule has 1 saturated heterocycles. The standard InChI is InChI=1S/C24H25N3O3/c1-26-15-20-7-6-19(14-21(20)25-26)16-2-4-18(5-3-16)23(29)27-12-8-17(9-13-27)22(28)24(30)10-11-24/h2-7,14-15,17,30H,8-13H2,1H3. The number of ketones is 1. The van der Waals surface area contributed by atoms with Crippen LogP contribution in [0.15, 0.2) is 48.7 Å². The second kappa shape index (κ2) is 7.06. The molecule has 0 atom stereocenters. The van der Waals surface area contributed by atoms with Gasteiger partial charge in [-0.2, -0.15) is 5.10 Å². The van der Waals surface area contributed by atoms with Gasteiger partial charge in [0.25, 0.3) is 5.91 Å². The van der Waals surface area contributed by atoms with Crippen molar-refractivity contribution in [2.24, 2.45) is 13.0 Å². The van der Waals surface area contributed by atoms with Crippen molar-refractivity contribution in [2.75, 3.05) is 13.1 Å². The molecule has 2 fully saturated rings. The van der Waals surface area contributed by atoms with Gasteiger partial charge in [0, 0.05) is 43.2 Å². The van der Waals surface area contributed by atoms with Crippen LogP contribution >= 0.6 is 0 Å². The summed E-state index contributed by atoms with van der Waals surface area (Å²) in [5.41, 5.74) is 2.65. The maximum Gasteiger partial charge on any atom is 0.253 e. The minimum absolute atomic E-state index is 0.00207. The van der Waals surface area contributed by atoms with E-state index in [0.29, 0.717) is 44.3 Å². The maximum absolute atomic E-state index is 12.9. The largest absolute Gasteiger partial charge is 0.382 e. The lowest BCUT2D eigenvalue weighted by Crippen LogP contribution is -2.42. The minimum atomic E-state index is -1.06. The Morgan fingerprint density at radius 3 is 2.37 bits per heavy atom. The number of carbonyl (C=O) groups excluding carboxylic acids is 2. The third-order valence-corrected chi connectivity index (χ3v) is 6.42. The number of aryl methyl sites for hydroxylation is 1. The first-order chi connectivity index (χ1) is 14.4. The minimum Gasteiger partial charge on any atom is -0.382 e. The number of hydrogen-bond acceptors (Lipinski definition) is 4. The van der Waals surface area contributed by atoms with E-state index in [0.717, 1.165) is 22.0 Å². The summed E-state index contributed by atoms with van der Waals surface area (Å²) in [5.74, 6) is -0.146. The molecule has 0 unspecified atom stereocenters. The zero-order valence-electron chi connectivity index (χ0n) is 17.0. The number of amides is 1. The molecular weight excluding hydrogens is 378 g/mol. The van der Waals surface area contributed by atoms with Crippen molar-refractivity contribution in [1.29, 1.82) is 0 Å². The highest BCUT2D eigenvalue weighted by Gasteiger charge is 2.50. The highest BCUT2D eigenvalue weighted by atomic mass is 16.3. The number of nitrogens with zero attached hydrogens (tertiary/aromatic N) is 3. The molecule has 2 aliphatic rings. The average molecular weight is 403 g/mol. The first-order valence-corrected chi connectivity index (χ1v) is 10.5. The van der Waals surface area contributed by atoms with E-state index < -0.39 is 5.60 Å². The van der Waals surface area contributed by atoms with Crippen molar-refractivity contribution in [3.05, 3.63) is 54.2 Å². The topological polar surface area (TPSA) is 75.4 Å². The van der Waals surface area contributed by atoms with Crippen LogP contribution in [0.1, 0.15) is 36.0 Å². The lowest BCUT2D eigenvalue weighted by Gasteiger charge is -2.32. The summed E-state index contributed by atoms with van der Waals surface area (Å²) in [5, 5.41) is 15.6. The van der Waals surface area contributed by atoms with Gasteiger partial charge in [0.1, 0.15) is 5.60 Å². The van der Waals surface area contributed by atoms with Crippen LogP contribution < -0.4 is 0 Å². The molecule has 2 heterocycles. The summed E-state index contributed by atoms with van der Waals surface area (Å²) in [6.45, 7) is 1.12. The average Bonchev–Trinajstić information content (AvgIpc) is 3.41. The summed E-state index contributed by atoms with van der Waals surface area (Å²) in [4.78, 5) is 27.0. The Hall–Kier alpha value is -2.99. The number of piperidine rings is 1. The predicted octanol–water partition coefficient (Wildman–Crippen LogP) is 3.19. The monoisotopic (exact) mass is 403 g/mol. The molecule has 0 bridgehead atoms. The van der Waals surface area contributed by atoms with E-state index in [2.05, 4.69) is 23.3 Å². The van der Waals surface area contributed by atoms with Crippen LogP contribution in [0.4, 0.5) is 0 Å². The Morgan fingerprint density at radius 1 is 1.03 bits per heavy atom. The first-order valence-electron chi connectivity index (χ1n) is 10.5. The number of likely N-dealkylation sites (tertiary alicyclic amines) is 1. The Kier molecular flexibility index (Phi) is 4.47. The van der Waals surface area contributed by atoms with Gasteiger partial charge in [0.15, 0.2) is 5.78 Å². The van der Waals surface area contributed by atoms with E-state index in [9.17, 15) is 14.7 Å². The molecule has 1 N–H and O–H groups in total. The molecule has 1 aliphatic heterocycles. The molecule has 1 aliphatic carbocycles. The van der Waals surface area contributed by atoms with Gasteiger partial charge in [-0.3, -0.25) is 14.3 Å². The van der Waals surface area contributed by atoms with Crippen molar-refractivity contribution in [3.63, 3.8) is 0 Å². The van der Waals surface area contributed by atoms with Crippen LogP contribution in [-0.4, -0.2) is 50.2 Å². The predicted molar refractivity (Wildman–Crippen MR) is 114 cm³/mol. The van der Waals surface area contributed by atoms with Gasteiger partial charge in [-0.25, -0.2) is 0 Å². The fourth-order valence-corrected chi connectivity index (χ4v) is 4.40. The van der Waals surface area contributed by atoms with Crippen LogP contribution in [0.3, 0.4) is 0 Å². The zero-order valence-corrected chi connectivity index (χ0v) is 17.0.